The summed E-state index contributed by atoms with van der Waals surface area (Å²) in [5.74, 6) is 0. The van der Waals surface area contributed by atoms with Gasteiger partial charge in [0.05, 0.1) is 6.10 Å². The van der Waals surface area contributed by atoms with E-state index in [0.29, 0.717) is 11.6 Å². The van der Waals surface area contributed by atoms with Crippen molar-refractivity contribution in [1.29, 1.82) is 0 Å². The first-order valence-electron chi connectivity index (χ1n) is 7.87. The van der Waals surface area contributed by atoms with Crippen molar-refractivity contribution in [2.45, 2.75) is 64.0 Å². The van der Waals surface area contributed by atoms with Crippen LogP contribution in [0.1, 0.15) is 52.4 Å². The molecule has 1 N–H and O–H groups in total. The second-order valence-corrected chi connectivity index (χ2v) is 5.99. The Bertz CT molecular complexity index is 231. The molecule has 2 rings (SSSR count). The van der Waals surface area contributed by atoms with Crippen molar-refractivity contribution >= 4 is 0 Å². The molecule has 0 aromatic rings. The zero-order chi connectivity index (χ0) is 12.8. The minimum atomic E-state index is 0.424. The zero-order valence-electron chi connectivity index (χ0n) is 12.2. The van der Waals surface area contributed by atoms with Crippen LogP contribution >= 0.6 is 0 Å². The molecule has 3 nitrogen and oxygen atoms in total. The molecular weight excluding hydrogens is 224 g/mol. The van der Waals surface area contributed by atoms with Crippen LogP contribution in [0.2, 0.25) is 0 Å². The topological polar surface area (TPSA) is 24.5 Å². The third kappa shape index (κ3) is 3.69. The first-order valence-corrected chi connectivity index (χ1v) is 7.87. The van der Waals surface area contributed by atoms with Gasteiger partial charge in [0.15, 0.2) is 0 Å². The second-order valence-electron chi connectivity index (χ2n) is 5.99. The monoisotopic (exact) mass is 254 g/mol. The van der Waals surface area contributed by atoms with E-state index in [0.717, 1.165) is 6.61 Å². The van der Waals surface area contributed by atoms with Gasteiger partial charge in [-0.2, -0.15) is 0 Å². The van der Waals surface area contributed by atoms with Crippen molar-refractivity contribution in [3.05, 3.63) is 0 Å². The van der Waals surface area contributed by atoms with Crippen molar-refractivity contribution in [2.24, 2.45) is 0 Å². The molecule has 2 saturated heterocycles. The fourth-order valence-corrected chi connectivity index (χ4v) is 3.67. The van der Waals surface area contributed by atoms with E-state index < -0.39 is 0 Å². The fraction of sp³-hybridized carbons (Fsp3) is 1.00. The molecule has 3 heteroatoms. The van der Waals surface area contributed by atoms with E-state index in [1.165, 1.54) is 64.7 Å². The summed E-state index contributed by atoms with van der Waals surface area (Å²) >= 11 is 0. The molecule has 0 spiro atoms. The molecule has 0 bridgehead atoms. The third-order valence-electron chi connectivity index (χ3n) is 4.52. The smallest absolute Gasteiger partial charge is 0.0599 e. The van der Waals surface area contributed by atoms with E-state index >= 15 is 0 Å². The van der Waals surface area contributed by atoms with Crippen molar-refractivity contribution in [2.75, 3.05) is 32.8 Å². The Kier molecular flexibility index (Phi) is 5.46. The molecule has 0 amide bonds. The molecule has 1 atom stereocenters. The van der Waals surface area contributed by atoms with Crippen molar-refractivity contribution < 1.29 is 4.74 Å². The molecule has 2 heterocycles. The fourth-order valence-electron chi connectivity index (χ4n) is 3.67. The van der Waals surface area contributed by atoms with Gasteiger partial charge in [0.25, 0.3) is 0 Å². The van der Waals surface area contributed by atoms with Gasteiger partial charge in [0.2, 0.25) is 0 Å². The molecule has 106 valence electrons. The standard InChI is InChI=1S/C15H30N2O/c1-3-8-15(9-5-10-16-15)13-17-11-6-14(7-12-17)18-4-2/h14,16H,3-13H2,1-2H3. The molecule has 18 heavy (non-hydrogen) atoms. The quantitative estimate of drug-likeness (QED) is 0.788. The second kappa shape index (κ2) is 6.88. The minimum absolute atomic E-state index is 0.424. The lowest BCUT2D eigenvalue weighted by Crippen LogP contribution is -2.52. The van der Waals surface area contributed by atoms with Crippen LogP contribution in [0.4, 0.5) is 0 Å². The summed E-state index contributed by atoms with van der Waals surface area (Å²) in [6.45, 7) is 10.2. The molecule has 2 aliphatic heterocycles. The highest BCUT2D eigenvalue weighted by Crippen LogP contribution is 2.27. The van der Waals surface area contributed by atoms with E-state index in [1.807, 2.05) is 0 Å². The van der Waals surface area contributed by atoms with Crippen molar-refractivity contribution in [1.82, 2.24) is 10.2 Å². The van der Waals surface area contributed by atoms with Gasteiger partial charge < -0.3 is 15.0 Å². The number of piperidine rings is 1. The average molecular weight is 254 g/mol. The number of ether oxygens (including phenoxy) is 1. The number of nitrogens with one attached hydrogen (secondary N) is 1. The van der Waals surface area contributed by atoms with Crippen molar-refractivity contribution in [3.63, 3.8) is 0 Å². The molecule has 1 unspecified atom stereocenters. The Morgan fingerprint density at radius 3 is 2.61 bits per heavy atom. The summed E-state index contributed by atoms with van der Waals surface area (Å²) < 4.78 is 5.73. The number of rotatable bonds is 6. The van der Waals surface area contributed by atoms with E-state index in [4.69, 9.17) is 4.74 Å². The molecule has 0 aromatic heterocycles. The normalized spacial score (nSPS) is 31.0. The van der Waals surface area contributed by atoms with Gasteiger partial charge >= 0.3 is 0 Å². The van der Waals surface area contributed by atoms with E-state index in [2.05, 4.69) is 24.1 Å². The van der Waals surface area contributed by atoms with Crippen LogP contribution in [0.15, 0.2) is 0 Å². The molecule has 0 aromatic carbocycles. The van der Waals surface area contributed by atoms with Crippen LogP contribution in [-0.2, 0) is 4.74 Å². The Balaban J connectivity index is 1.79. The van der Waals surface area contributed by atoms with E-state index in [9.17, 15) is 0 Å². The molecule has 2 aliphatic rings. The lowest BCUT2D eigenvalue weighted by Gasteiger charge is -2.39. The summed E-state index contributed by atoms with van der Waals surface area (Å²) in [5.41, 5.74) is 0.424. The van der Waals surface area contributed by atoms with Gasteiger partial charge in [-0.3, -0.25) is 0 Å². The molecule has 0 aliphatic carbocycles. The number of likely N-dealkylation sites (tertiary alicyclic amines) is 1. The first kappa shape index (κ1) is 14.3. The van der Waals surface area contributed by atoms with Crippen LogP contribution in [0.25, 0.3) is 0 Å². The zero-order valence-corrected chi connectivity index (χ0v) is 12.2. The van der Waals surface area contributed by atoms with E-state index in [-0.39, 0.29) is 0 Å². The minimum Gasteiger partial charge on any atom is -0.378 e. The Morgan fingerprint density at radius 2 is 2.06 bits per heavy atom. The largest absolute Gasteiger partial charge is 0.378 e. The van der Waals surface area contributed by atoms with Crippen molar-refractivity contribution in [3.8, 4) is 0 Å². The lowest BCUT2D eigenvalue weighted by atomic mass is 9.90. The number of hydrogen-bond acceptors (Lipinski definition) is 3. The predicted octanol–water partition coefficient (Wildman–Crippen LogP) is 2.41. The first-order chi connectivity index (χ1) is 8.78. The van der Waals surface area contributed by atoms with Crippen LogP contribution in [0, 0.1) is 0 Å². The Hall–Kier alpha value is -0.120. The number of nitrogens with zero attached hydrogens (tertiary/aromatic N) is 1. The number of hydrogen-bond donors (Lipinski definition) is 1. The highest BCUT2D eigenvalue weighted by molar-refractivity contribution is 4.95. The van der Waals surface area contributed by atoms with Gasteiger partial charge in [-0.15, -0.1) is 0 Å². The van der Waals surface area contributed by atoms with Crippen LogP contribution < -0.4 is 5.32 Å². The van der Waals surface area contributed by atoms with Gasteiger partial charge in [-0.25, -0.2) is 0 Å². The maximum atomic E-state index is 5.73. The van der Waals surface area contributed by atoms with E-state index in [1.54, 1.807) is 0 Å². The maximum absolute atomic E-state index is 5.73. The van der Waals surface area contributed by atoms with Gasteiger partial charge in [0.1, 0.15) is 0 Å². The third-order valence-corrected chi connectivity index (χ3v) is 4.52. The summed E-state index contributed by atoms with van der Waals surface area (Å²) in [6, 6.07) is 0. The van der Waals surface area contributed by atoms with Gasteiger partial charge in [-0.05, 0) is 45.6 Å². The molecule has 0 saturated carbocycles. The highest BCUT2D eigenvalue weighted by atomic mass is 16.5. The van der Waals surface area contributed by atoms with Crippen LogP contribution in [-0.4, -0.2) is 49.3 Å². The lowest BCUT2D eigenvalue weighted by molar-refractivity contribution is 0.00809. The highest BCUT2D eigenvalue weighted by Gasteiger charge is 2.35. The summed E-state index contributed by atoms with van der Waals surface area (Å²) in [7, 11) is 0. The summed E-state index contributed by atoms with van der Waals surface area (Å²) in [6.07, 6.45) is 8.30. The van der Waals surface area contributed by atoms with Crippen LogP contribution in [0.5, 0.6) is 0 Å². The average Bonchev–Trinajstić information content (AvgIpc) is 2.81. The maximum Gasteiger partial charge on any atom is 0.0599 e. The van der Waals surface area contributed by atoms with Crippen LogP contribution in [0.3, 0.4) is 0 Å². The predicted molar refractivity (Wildman–Crippen MR) is 76.0 cm³/mol. The summed E-state index contributed by atoms with van der Waals surface area (Å²) in [5, 5.41) is 3.78. The summed E-state index contributed by atoms with van der Waals surface area (Å²) in [4.78, 5) is 2.66. The van der Waals surface area contributed by atoms with Gasteiger partial charge in [0, 0.05) is 31.8 Å². The molecule has 2 fully saturated rings. The molecule has 0 radical (unpaired) electrons. The van der Waals surface area contributed by atoms with Gasteiger partial charge in [-0.1, -0.05) is 13.3 Å². The molecular formula is C15H30N2O. The Morgan fingerprint density at radius 1 is 1.28 bits per heavy atom. The Labute approximate surface area is 112 Å². The SMILES string of the molecule is CCCC1(CN2CCC(OCC)CC2)CCCN1.